The third-order valence-electron chi connectivity index (χ3n) is 2.25. The van der Waals surface area contributed by atoms with Crippen molar-refractivity contribution in [3.05, 3.63) is 35.9 Å². The van der Waals surface area contributed by atoms with E-state index in [0.717, 1.165) is 5.56 Å². The predicted molar refractivity (Wildman–Crippen MR) is 70.4 cm³/mol. The van der Waals surface area contributed by atoms with Gasteiger partial charge in [0, 0.05) is 11.9 Å². The molecule has 0 fully saturated rings. The molecule has 5 heteroatoms. The maximum atomic E-state index is 11.6. The Morgan fingerprint density at radius 3 is 2.50 bits per heavy atom. The van der Waals surface area contributed by atoms with Crippen LogP contribution in [0.1, 0.15) is 18.4 Å². The van der Waals surface area contributed by atoms with Gasteiger partial charge >= 0.3 is 0 Å². The van der Waals surface area contributed by atoms with Crippen LogP contribution >= 0.6 is 15.9 Å². The fourth-order valence-electron chi connectivity index (χ4n) is 1.46. The minimum Gasteiger partial charge on any atom is -0.214 e. The predicted octanol–water partition coefficient (Wildman–Crippen LogP) is 2.10. The average molecular weight is 306 g/mol. The maximum Gasteiger partial charge on any atom is 0.212 e. The van der Waals surface area contributed by atoms with Crippen molar-refractivity contribution in [3.8, 4) is 0 Å². The number of hydrogen-bond acceptors (Lipinski definition) is 2. The molecule has 0 aliphatic heterocycles. The monoisotopic (exact) mass is 305 g/mol. The van der Waals surface area contributed by atoms with Gasteiger partial charge in [0.1, 0.15) is 0 Å². The summed E-state index contributed by atoms with van der Waals surface area (Å²) in [6.07, 6.45) is 0. The van der Waals surface area contributed by atoms with Gasteiger partial charge in [0.25, 0.3) is 0 Å². The first-order valence-corrected chi connectivity index (χ1v) is 7.91. The number of nitrogens with one attached hydrogen (secondary N) is 1. The van der Waals surface area contributed by atoms with Crippen LogP contribution in [-0.2, 0) is 10.0 Å². The van der Waals surface area contributed by atoms with E-state index in [-0.39, 0.29) is 11.7 Å². The van der Waals surface area contributed by atoms with Crippen molar-refractivity contribution in [1.29, 1.82) is 0 Å². The Balaban J connectivity index is 2.61. The molecule has 0 saturated heterocycles. The first-order valence-electron chi connectivity index (χ1n) is 5.13. The van der Waals surface area contributed by atoms with Crippen LogP contribution in [0, 0.1) is 0 Å². The molecule has 0 aliphatic rings. The van der Waals surface area contributed by atoms with Crippen molar-refractivity contribution in [2.24, 2.45) is 0 Å². The van der Waals surface area contributed by atoms with Gasteiger partial charge in [-0.05, 0) is 11.5 Å². The van der Waals surface area contributed by atoms with E-state index in [2.05, 4.69) is 20.7 Å². The van der Waals surface area contributed by atoms with E-state index in [1.807, 2.05) is 37.3 Å². The minimum absolute atomic E-state index is 0.00836. The Morgan fingerprint density at radius 2 is 1.94 bits per heavy atom. The Kier molecular flexibility index (Phi) is 5.44. The highest BCUT2D eigenvalue weighted by Crippen LogP contribution is 2.15. The molecular formula is C11H16BrNO2S. The molecule has 3 nitrogen and oxygen atoms in total. The molecule has 1 aromatic carbocycles. The molecule has 0 saturated carbocycles. The molecule has 0 radical (unpaired) electrons. The lowest BCUT2D eigenvalue weighted by Gasteiger charge is -2.12. The Labute approximate surface area is 105 Å². The molecule has 0 aromatic heterocycles. The smallest absolute Gasteiger partial charge is 0.212 e. The van der Waals surface area contributed by atoms with Crippen LogP contribution in [0.4, 0.5) is 0 Å². The Morgan fingerprint density at radius 1 is 1.31 bits per heavy atom. The van der Waals surface area contributed by atoms with Crippen molar-refractivity contribution in [2.75, 3.05) is 17.6 Å². The van der Waals surface area contributed by atoms with E-state index in [4.69, 9.17) is 0 Å². The number of halogens is 1. The molecule has 1 unspecified atom stereocenters. The molecule has 1 rings (SSSR count). The first-order chi connectivity index (χ1) is 7.55. The van der Waals surface area contributed by atoms with Crippen LogP contribution in [0.25, 0.3) is 0 Å². The standard InChI is InChI=1S/C11H16BrNO2S/c1-10(11-5-3-2-4-6-11)9-16(14,15)13-8-7-12/h2-6,10,13H,7-9H2,1H3. The zero-order valence-electron chi connectivity index (χ0n) is 9.19. The first kappa shape index (κ1) is 13.7. The molecule has 1 aromatic rings. The van der Waals surface area contributed by atoms with Crippen molar-refractivity contribution >= 4 is 26.0 Å². The van der Waals surface area contributed by atoms with Gasteiger partial charge in [-0.15, -0.1) is 0 Å². The lowest BCUT2D eigenvalue weighted by atomic mass is 10.0. The molecule has 1 atom stereocenters. The molecular weight excluding hydrogens is 290 g/mol. The lowest BCUT2D eigenvalue weighted by molar-refractivity contribution is 0.578. The van der Waals surface area contributed by atoms with E-state index in [9.17, 15) is 8.42 Å². The Bertz CT molecular complexity index is 405. The van der Waals surface area contributed by atoms with Crippen LogP contribution < -0.4 is 4.72 Å². The number of benzene rings is 1. The van der Waals surface area contributed by atoms with E-state index < -0.39 is 10.0 Å². The third-order valence-corrected chi connectivity index (χ3v) is 4.23. The van der Waals surface area contributed by atoms with E-state index in [1.165, 1.54) is 0 Å². The van der Waals surface area contributed by atoms with E-state index in [0.29, 0.717) is 11.9 Å². The van der Waals surface area contributed by atoms with Crippen molar-refractivity contribution < 1.29 is 8.42 Å². The third kappa shape index (κ3) is 4.63. The number of rotatable bonds is 6. The summed E-state index contributed by atoms with van der Waals surface area (Å²) in [6, 6.07) is 9.66. The van der Waals surface area contributed by atoms with Gasteiger partial charge in [-0.3, -0.25) is 0 Å². The molecule has 0 amide bonds. The quantitative estimate of drug-likeness (QED) is 0.818. The highest BCUT2D eigenvalue weighted by molar-refractivity contribution is 9.09. The van der Waals surface area contributed by atoms with Crippen LogP contribution in [-0.4, -0.2) is 26.0 Å². The summed E-state index contributed by atoms with van der Waals surface area (Å²) in [5, 5.41) is 0.631. The second-order valence-electron chi connectivity index (χ2n) is 3.68. The molecule has 0 spiro atoms. The summed E-state index contributed by atoms with van der Waals surface area (Å²) in [7, 11) is -3.17. The second kappa shape index (κ2) is 6.37. The number of alkyl halides is 1. The van der Waals surface area contributed by atoms with Crippen molar-refractivity contribution in [1.82, 2.24) is 4.72 Å². The van der Waals surface area contributed by atoms with Gasteiger partial charge in [0.05, 0.1) is 5.75 Å². The SMILES string of the molecule is CC(CS(=O)(=O)NCCBr)c1ccccc1. The van der Waals surface area contributed by atoms with Gasteiger partial charge in [0.2, 0.25) is 10.0 Å². The molecule has 0 bridgehead atoms. The number of hydrogen-bond donors (Lipinski definition) is 1. The summed E-state index contributed by atoms with van der Waals surface area (Å²) < 4.78 is 25.8. The maximum absolute atomic E-state index is 11.6. The lowest BCUT2D eigenvalue weighted by Crippen LogP contribution is -2.30. The van der Waals surface area contributed by atoms with Gasteiger partial charge in [0.15, 0.2) is 0 Å². The summed E-state index contributed by atoms with van der Waals surface area (Å²) >= 11 is 3.19. The normalized spacial score (nSPS) is 13.6. The minimum atomic E-state index is -3.17. The topological polar surface area (TPSA) is 46.2 Å². The largest absolute Gasteiger partial charge is 0.214 e. The van der Waals surface area contributed by atoms with Gasteiger partial charge in [-0.1, -0.05) is 53.2 Å². The van der Waals surface area contributed by atoms with Crippen molar-refractivity contribution in [3.63, 3.8) is 0 Å². The summed E-state index contributed by atoms with van der Waals surface area (Å²) in [6.45, 7) is 2.35. The molecule has 16 heavy (non-hydrogen) atoms. The van der Waals surface area contributed by atoms with Gasteiger partial charge < -0.3 is 0 Å². The summed E-state index contributed by atoms with van der Waals surface area (Å²) in [5.41, 5.74) is 1.05. The van der Waals surface area contributed by atoms with Crippen LogP contribution in [0.3, 0.4) is 0 Å². The van der Waals surface area contributed by atoms with Crippen molar-refractivity contribution in [2.45, 2.75) is 12.8 Å². The van der Waals surface area contributed by atoms with Crippen LogP contribution in [0.15, 0.2) is 30.3 Å². The molecule has 90 valence electrons. The van der Waals surface area contributed by atoms with Crippen LogP contribution in [0.2, 0.25) is 0 Å². The van der Waals surface area contributed by atoms with Gasteiger partial charge in [-0.25, -0.2) is 13.1 Å². The summed E-state index contributed by atoms with van der Waals surface area (Å²) in [5.74, 6) is 0.137. The zero-order valence-corrected chi connectivity index (χ0v) is 11.6. The Hall–Kier alpha value is -0.390. The van der Waals surface area contributed by atoms with Crippen LogP contribution in [0.5, 0.6) is 0 Å². The highest BCUT2D eigenvalue weighted by atomic mass is 79.9. The van der Waals surface area contributed by atoms with E-state index >= 15 is 0 Å². The fourth-order valence-corrected chi connectivity index (χ4v) is 3.30. The van der Waals surface area contributed by atoms with E-state index in [1.54, 1.807) is 0 Å². The van der Waals surface area contributed by atoms with Gasteiger partial charge in [-0.2, -0.15) is 0 Å². The second-order valence-corrected chi connectivity index (χ2v) is 6.32. The molecule has 1 N–H and O–H groups in total. The fraction of sp³-hybridized carbons (Fsp3) is 0.455. The highest BCUT2D eigenvalue weighted by Gasteiger charge is 2.15. The number of sulfonamides is 1. The summed E-state index contributed by atoms with van der Waals surface area (Å²) in [4.78, 5) is 0. The average Bonchev–Trinajstić information content (AvgIpc) is 2.27. The molecule has 0 aliphatic carbocycles. The molecule has 0 heterocycles. The zero-order chi connectivity index (χ0) is 12.0.